The minimum Gasteiger partial charge on any atom is -0.469 e. The van der Waals surface area contributed by atoms with E-state index in [4.69, 9.17) is 4.74 Å². The third-order valence-electron chi connectivity index (χ3n) is 5.55. The second kappa shape index (κ2) is 10.1. The van der Waals surface area contributed by atoms with Crippen LogP contribution >= 0.6 is 11.3 Å². The number of benzene rings is 2. The highest BCUT2D eigenvalue weighted by atomic mass is 32.1. The zero-order valence-electron chi connectivity index (χ0n) is 19.8. The zero-order valence-corrected chi connectivity index (χ0v) is 20.7. The lowest BCUT2D eigenvalue weighted by Crippen LogP contribution is -2.11. The van der Waals surface area contributed by atoms with Crippen LogP contribution in [0, 0.1) is 13.8 Å². The van der Waals surface area contributed by atoms with Gasteiger partial charge in [0, 0.05) is 30.3 Å². The van der Waals surface area contributed by atoms with Crippen molar-refractivity contribution in [2.45, 2.75) is 33.6 Å². The molecule has 0 radical (unpaired) electrons. The molecule has 2 heterocycles. The molecule has 2 amide bonds. The number of thiazole rings is 1. The summed E-state index contributed by atoms with van der Waals surface area (Å²) in [5.41, 5.74) is 5.52. The Balaban J connectivity index is 1.48. The summed E-state index contributed by atoms with van der Waals surface area (Å²) in [6, 6.07) is 12.5. The molecule has 35 heavy (non-hydrogen) atoms. The smallest absolute Gasteiger partial charge is 0.305 e. The van der Waals surface area contributed by atoms with Crippen molar-refractivity contribution in [1.82, 2.24) is 14.8 Å². The van der Waals surface area contributed by atoms with Gasteiger partial charge in [-0.1, -0.05) is 11.3 Å². The van der Waals surface area contributed by atoms with Gasteiger partial charge in [-0.2, -0.15) is 5.10 Å². The molecule has 4 rings (SSSR count). The molecule has 0 saturated heterocycles. The Morgan fingerprint density at radius 1 is 1.06 bits per heavy atom. The van der Waals surface area contributed by atoms with Crippen LogP contribution in [0.4, 0.5) is 10.8 Å². The van der Waals surface area contributed by atoms with Gasteiger partial charge in [0.2, 0.25) is 5.91 Å². The number of carbonyl (C=O) groups excluding carboxylic acids is 3. The Kier molecular flexibility index (Phi) is 6.92. The number of amides is 2. The fourth-order valence-corrected chi connectivity index (χ4v) is 4.70. The molecule has 0 aliphatic rings. The van der Waals surface area contributed by atoms with Crippen molar-refractivity contribution >= 4 is 50.2 Å². The fourth-order valence-electron chi connectivity index (χ4n) is 3.80. The van der Waals surface area contributed by atoms with Gasteiger partial charge in [-0.15, -0.1) is 0 Å². The first-order valence-corrected chi connectivity index (χ1v) is 11.8. The maximum absolute atomic E-state index is 12.8. The summed E-state index contributed by atoms with van der Waals surface area (Å²) in [4.78, 5) is 40.0. The van der Waals surface area contributed by atoms with Gasteiger partial charge in [0.1, 0.15) is 0 Å². The molecule has 2 N–H and O–H groups in total. The molecule has 180 valence electrons. The molecular formula is C25H25N5O4S. The summed E-state index contributed by atoms with van der Waals surface area (Å²) in [5, 5.41) is 10.7. The summed E-state index contributed by atoms with van der Waals surface area (Å²) in [5.74, 6) is -0.679. The summed E-state index contributed by atoms with van der Waals surface area (Å²) >= 11 is 1.33. The number of hydrogen-bond donors (Lipinski definition) is 2. The number of methoxy groups -OCH3 is 1. The van der Waals surface area contributed by atoms with Crippen molar-refractivity contribution in [1.29, 1.82) is 0 Å². The van der Waals surface area contributed by atoms with E-state index >= 15 is 0 Å². The van der Waals surface area contributed by atoms with Crippen LogP contribution in [0.2, 0.25) is 0 Å². The quantitative estimate of drug-likeness (QED) is 0.370. The van der Waals surface area contributed by atoms with Gasteiger partial charge in [0.05, 0.1) is 28.7 Å². The number of aromatic nitrogens is 3. The van der Waals surface area contributed by atoms with Gasteiger partial charge in [0.15, 0.2) is 5.13 Å². The first-order valence-electron chi connectivity index (χ1n) is 11.0. The van der Waals surface area contributed by atoms with E-state index in [1.165, 1.54) is 25.4 Å². The highest BCUT2D eigenvalue weighted by Crippen LogP contribution is 2.29. The molecule has 0 spiro atoms. The van der Waals surface area contributed by atoms with Gasteiger partial charge in [-0.25, -0.2) is 9.67 Å². The van der Waals surface area contributed by atoms with Gasteiger partial charge < -0.3 is 10.1 Å². The van der Waals surface area contributed by atoms with Crippen LogP contribution < -0.4 is 10.6 Å². The standard InChI is InChI=1S/C25H25N5O4S/c1-14-20(10-12-23(32)34-4)15(2)30(29-14)19-8-5-17(6-9-19)24(33)28-25-27-21-11-7-18(26-16(3)31)13-22(21)35-25/h5-9,11,13H,10,12H2,1-4H3,(H,26,31)(H,27,28,33). The van der Waals surface area contributed by atoms with Gasteiger partial charge in [0.25, 0.3) is 5.91 Å². The van der Waals surface area contributed by atoms with Crippen molar-refractivity contribution in [2.24, 2.45) is 0 Å². The first-order chi connectivity index (χ1) is 16.7. The van der Waals surface area contributed by atoms with Crippen LogP contribution in [0.5, 0.6) is 0 Å². The number of ether oxygens (including phenoxy) is 1. The minimum absolute atomic E-state index is 0.149. The van der Waals surface area contributed by atoms with Gasteiger partial charge in [-0.05, 0) is 68.3 Å². The van der Waals surface area contributed by atoms with E-state index in [9.17, 15) is 14.4 Å². The highest BCUT2D eigenvalue weighted by molar-refractivity contribution is 7.22. The van der Waals surface area contributed by atoms with E-state index in [0.717, 1.165) is 32.9 Å². The summed E-state index contributed by atoms with van der Waals surface area (Å²) in [7, 11) is 1.38. The maximum atomic E-state index is 12.8. The Hall–Kier alpha value is -4.05. The lowest BCUT2D eigenvalue weighted by Gasteiger charge is -2.07. The largest absolute Gasteiger partial charge is 0.469 e. The van der Waals surface area contributed by atoms with E-state index in [2.05, 4.69) is 20.7 Å². The number of esters is 1. The second-order valence-corrected chi connectivity index (χ2v) is 9.05. The molecule has 9 nitrogen and oxygen atoms in total. The molecule has 2 aromatic carbocycles. The van der Waals surface area contributed by atoms with Crippen molar-refractivity contribution in [3.8, 4) is 5.69 Å². The molecule has 0 aliphatic carbocycles. The average molecular weight is 492 g/mol. The maximum Gasteiger partial charge on any atom is 0.305 e. The Morgan fingerprint density at radius 2 is 1.80 bits per heavy atom. The molecule has 0 bridgehead atoms. The molecule has 0 fully saturated rings. The van der Waals surface area contributed by atoms with Gasteiger partial charge in [-0.3, -0.25) is 19.7 Å². The summed E-state index contributed by atoms with van der Waals surface area (Å²) < 4.78 is 7.40. The molecule has 10 heteroatoms. The number of carbonyl (C=O) groups is 3. The number of hydrogen-bond acceptors (Lipinski definition) is 7. The number of fused-ring (bicyclic) bond motifs is 1. The van der Waals surface area contributed by atoms with Gasteiger partial charge >= 0.3 is 5.97 Å². The van der Waals surface area contributed by atoms with Crippen LogP contribution in [0.3, 0.4) is 0 Å². The molecular weight excluding hydrogens is 466 g/mol. The van der Waals surface area contributed by atoms with Crippen molar-refractivity contribution < 1.29 is 19.1 Å². The third-order valence-corrected chi connectivity index (χ3v) is 6.48. The third kappa shape index (κ3) is 5.38. The number of anilines is 2. The fraction of sp³-hybridized carbons (Fsp3) is 0.240. The van der Waals surface area contributed by atoms with E-state index in [0.29, 0.717) is 29.2 Å². The molecule has 4 aromatic rings. The van der Waals surface area contributed by atoms with E-state index in [-0.39, 0.29) is 17.8 Å². The number of aryl methyl sites for hydroxylation is 1. The first kappa shape index (κ1) is 24.1. The number of nitrogens with one attached hydrogen (secondary N) is 2. The van der Waals surface area contributed by atoms with E-state index in [1.807, 2.05) is 36.7 Å². The Labute approximate surface area is 206 Å². The van der Waals surface area contributed by atoms with Crippen molar-refractivity contribution in [3.05, 3.63) is 65.0 Å². The Morgan fingerprint density at radius 3 is 2.49 bits per heavy atom. The van der Waals surface area contributed by atoms with Crippen LogP contribution in [-0.2, 0) is 20.7 Å². The Bertz CT molecular complexity index is 1420. The molecule has 0 atom stereocenters. The van der Waals surface area contributed by atoms with Crippen molar-refractivity contribution in [2.75, 3.05) is 17.7 Å². The summed E-state index contributed by atoms with van der Waals surface area (Å²) in [6.45, 7) is 5.32. The normalized spacial score (nSPS) is 10.9. The number of rotatable bonds is 7. The number of nitrogens with zero attached hydrogens (tertiary/aromatic N) is 3. The predicted octanol–water partition coefficient (Wildman–Crippen LogP) is 4.42. The van der Waals surface area contributed by atoms with Crippen molar-refractivity contribution in [3.63, 3.8) is 0 Å². The molecule has 0 unspecified atom stereocenters. The van der Waals surface area contributed by atoms with E-state index < -0.39 is 0 Å². The average Bonchev–Trinajstić information content (AvgIpc) is 3.35. The molecule has 2 aromatic heterocycles. The highest BCUT2D eigenvalue weighted by Gasteiger charge is 2.16. The lowest BCUT2D eigenvalue weighted by molar-refractivity contribution is -0.140. The lowest BCUT2D eigenvalue weighted by atomic mass is 10.1. The SMILES string of the molecule is COC(=O)CCc1c(C)nn(-c2ccc(C(=O)Nc3nc4ccc(NC(C)=O)cc4s3)cc2)c1C. The second-order valence-electron chi connectivity index (χ2n) is 8.02. The van der Waals surface area contributed by atoms with Crippen LogP contribution in [0.25, 0.3) is 15.9 Å². The zero-order chi connectivity index (χ0) is 25.1. The van der Waals surface area contributed by atoms with Crippen LogP contribution in [0.1, 0.15) is 40.7 Å². The topological polar surface area (TPSA) is 115 Å². The van der Waals surface area contributed by atoms with Crippen LogP contribution in [-0.4, -0.2) is 39.7 Å². The predicted molar refractivity (Wildman–Crippen MR) is 135 cm³/mol. The minimum atomic E-state index is -0.273. The monoisotopic (exact) mass is 491 g/mol. The van der Waals surface area contributed by atoms with Crippen LogP contribution in [0.15, 0.2) is 42.5 Å². The molecule has 0 saturated carbocycles. The van der Waals surface area contributed by atoms with E-state index in [1.54, 1.807) is 24.3 Å². The molecule has 0 aliphatic heterocycles. The summed E-state index contributed by atoms with van der Waals surface area (Å²) in [6.07, 6.45) is 0.850.